The van der Waals surface area contributed by atoms with Gasteiger partial charge in [-0.3, -0.25) is 0 Å². The van der Waals surface area contributed by atoms with Gasteiger partial charge in [-0.2, -0.15) is 0 Å². The summed E-state index contributed by atoms with van der Waals surface area (Å²) in [6, 6.07) is 78.6. The molecular formula is C73H55BN2O4. The van der Waals surface area contributed by atoms with Crippen molar-refractivity contribution < 1.29 is 18.1 Å². The van der Waals surface area contributed by atoms with Gasteiger partial charge >= 0.3 is 7.12 Å². The molecule has 2 aliphatic heterocycles. The summed E-state index contributed by atoms with van der Waals surface area (Å²) in [6.45, 7) is 6.61. The molecular weight excluding hydrogens is 980 g/mol. The van der Waals surface area contributed by atoms with Crippen LogP contribution >= 0.6 is 0 Å². The largest absolute Gasteiger partial charge is 0.494 e. The quantitative estimate of drug-likeness (QED) is 0.146. The molecule has 80 heavy (non-hydrogen) atoms. The Kier molecular flexibility index (Phi) is 10.5. The molecule has 0 bridgehead atoms. The van der Waals surface area contributed by atoms with Crippen LogP contribution in [0.4, 0.5) is 5.69 Å². The van der Waals surface area contributed by atoms with Crippen LogP contribution in [0, 0.1) is 0 Å². The van der Waals surface area contributed by atoms with Crippen LogP contribution in [-0.2, 0) is 15.7 Å². The summed E-state index contributed by atoms with van der Waals surface area (Å²) >= 11 is 0. The van der Waals surface area contributed by atoms with Crippen molar-refractivity contribution in [3.63, 3.8) is 0 Å². The lowest BCUT2D eigenvalue weighted by molar-refractivity contribution is -0.0152. The van der Waals surface area contributed by atoms with E-state index in [0.29, 0.717) is 0 Å². The third kappa shape index (κ3) is 7.48. The molecule has 3 atom stereocenters. The van der Waals surface area contributed by atoms with Crippen LogP contribution < -0.4 is 10.8 Å². The number of benzene rings is 10. The van der Waals surface area contributed by atoms with Crippen LogP contribution in [0.15, 0.2) is 245 Å². The number of para-hydroxylation sites is 4. The first kappa shape index (κ1) is 46.9. The first-order valence-electron chi connectivity index (χ1n) is 28.0. The normalized spacial score (nSPS) is 18.4. The number of nitrogens with zero attached hydrogens (tertiary/aromatic N) is 1. The third-order valence-electron chi connectivity index (χ3n) is 17.9. The minimum absolute atomic E-state index is 0.0292. The molecule has 10 aromatic carbocycles. The molecule has 5 heterocycles. The lowest BCUT2D eigenvalue weighted by Crippen LogP contribution is -2.45. The van der Waals surface area contributed by atoms with Crippen LogP contribution in [0.25, 0.3) is 110 Å². The van der Waals surface area contributed by atoms with Crippen molar-refractivity contribution in [2.75, 3.05) is 5.32 Å². The van der Waals surface area contributed by atoms with Crippen molar-refractivity contribution in [3.05, 3.63) is 253 Å². The maximum Gasteiger partial charge on any atom is 0.494 e. The van der Waals surface area contributed by atoms with Crippen LogP contribution in [0.1, 0.15) is 49.8 Å². The highest BCUT2D eigenvalue weighted by Gasteiger charge is 2.54. The van der Waals surface area contributed by atoms with Crippen molar-refractivity contribution in [2.45, 2.75) is 56.8 Å². The maximum atomic E-state index is 7.20. The average molecular weight is 1040 g/mol. The Labute approximate surface area is 464 Å². The number of rotatable bonds is 9. The third-order valence-corrected chi connectivity index (χ3v) is 17.9. The highest BCUT2D eigenvalue weighted by molar-refractivity contribution is 6.62. The van der Waals surface area contributed by atoms with Crippen LogP contribution in [0.2, 0.25) is 0 Å². The summed E-state index contributed by atoms with van der Waals surface area (Å²) in [7, 11) is -0.538. The Morgan fingerprint density at radius 2 is 1.00 bits per heavy atom. The van der Waals surface area contributed by atoms with Gasteiger partial charge < -0.3 is 28.0 Å². The standard InChI is InChI=1S/C73H55BN2O4/c1-72(2)73(3,80-74(79-72)53-21-14-19-48(40-53)50-33-35-61-59-25-7-11-31-67(59)78-69(61)43-50)37-36-52-41-54(76-64-28-8-4-22-56(64)57-23-5-9-29-65(57)76)44-63-62-27-15-26-55(71(62)75-70(52)63)51-20-13-18-47(39-51)45-16-12-17-46(38-45)49-32-34-60-58-24-6-10-30-66(58)77-68(60)42-49/h4-35,38-44,62,71,75H,36-37H2,1-3H3. The summed E-state index contributed by atoms with van der Waals surface area (Å²) in [5, 5.41) is 11.2. The van der Waals surface area contributed by atoms with Gasteiger partial charge in [0.15, 0.2) is 0 Å². The molecule has 16 rings (SSSR count). The predicted molar refractivity (Wildman–Crippen MR) is 330 cm³/mol. The topological polar surface area (TPSA) is 61.7 Å². The van der Waals surface area contributed by atoms with Crippen molar-refractivity contribution in [1.82, 2.24) is 4.57 Å². The minimum atomic E-state index is -0.620. The Balaban J connectivity index is 0.726. The maximum absolute atomic E-state index is 7.20. The first-order valence-corrected chi connectivity index (χ1v) is 28.0. The summed E-state index contributed by atoms with van der Waals surface area (Å²) < 4.78 is 29.2. The van der Waals surface area contributed by atoms with E-state index >= 15 is 0 Å². The number of hydrogen-bond acceptors (Lipinski definition) is 5. The van der Waals surface area contributed by atoms with Crippen LogP contribution in [0.5, 0.6) is 0 Å². The Morgan fingerprint density at radius 3 is 1.64 bits per heavy atom. The van der Waals surface area contributed by atoms with E-state index in [9.17, 15) is 0 Å². The molecule has 7 heteroatoms. The molecule has 13 aromatic rings. The monoisotopic (exact) mass is 1030 g/mol. The molecule has 3 unspecified atom stereocenters. The fourth-order valence-electron chi connectivity index (χ4n) is 13.3. The first-order chi connectivity index (χ1) is 39.2. The smallest absolute Gasteiger partial charge is 0.456 e. The molecule has 3 aliphatic rings. The Morgan fingerprint density at radius 1 is 0.475 bits per heavy atom. The second kappa shape index (κ2) is 17.9. The summed E-state index contributed by atoms with van der Waals surface area (Å²) in [6.07, 6.45) is 8.48. The minimum Gasteiger partial charge on any atom is -0.456 e. The predicted octanol–water partition coefficient (Wildman–Crippen LogP) is 18.0. The molecule has 1 aliphatic carbocycles. The molecule has 1 fully saturated rings. The molecule has 0 radical (unpaired) electrons. The molecule has 6 nitrogen and oxygen atoms in total. The molecule has 0 amide bonds. The zero-order chi connectivity index (χ0) is 53.3. The molecule has 0 spiro atoms. The van der Waals surface area contributed by atoms with Gasteiger partial charge in [-0.05, 0) is 168 Å². The molecule has 0 saturated carbocycles. The van der Waals surface area contributed by atoms with Gasteiger partial charge in [0.2, 0.25) is 0 Å². The molecule has 1 saturated heterocycles. The number of hydrogen-bond donors (Lipinski definition) is 1. The van der Waals surface area contributed by atoms with Crippen LogP contribution in [-0.4, -0.2) is 28.9 Å². The Bertz CT molecular complexity index is 4690. The Hall–Kier alpha value is -9.14. The van der Waals surface area contributed by atoms with E-state index in [1.807, 2.05) is 24.3 Å². The van der Waals surface area contributed by atoms with E-state index in [0.717, 1.165) is 90.1 Å². The summed E-state index contributed by atoms with van der Waals surface area (Å²) in [4.78, 5) is 0. The molecule has 3 aromatic heterocycles. The molecule has 1 N–H and O–H groups in total. The SMILES string of the molecule is CC1(C)OB(c2cccc(-c3ccc4c(c3)oc3ccccc34)c2)OC1(C)CCc1cc(-n2c3ccccc3c3ccccc32)cc2c1NC1C(c3cccc(-c4cccc(-c5ccc6c(c5)oc5ccccc56)c4)c3)=CC=CC21. The number of aryl methyl sites for hydroxylation is 1. The van der Waals surface area contributed by atoms with E-state index in [1.165, 1.54) is 60.9 Å². The van der Waals surface area contributed by atoms with E-state index < -0.39 is 18.3 Å². The second-order valence-corrected chi connectivity index (χ2v) is 22.8. The van der Waals surface area contributed by atoms with E-state index in [-0.39, 0.29) is 12.0 Å². The fourth-order valence-corrected chi connectivity index (χ4v) is 13.3. The lowest BCUT2D eigenvalue weighted by atomic mass is 9.78. The van der Waals surface area contributed by atoms with E-state index in [1.54, 1.807) is 0 Å². The van der Waals surface area contributed by atoms with Crippen molar-refractivity contribution in [2.24, 2.45) is 0 Å². The average Bonchev–Trinajstić information content (AvgIpc) is 4.47. The summed E-state index contributed by atoms with van der Waals surface area (Å²) in [5.74, 6) is 0.110. The number of nitrogens with one attached hydrogen (secondary N) is 1. The highest BCUT2D eigenvalue weighted by Crippen LogP contribution is 2.50. The van der Waals surface area contributed by atoms with E-state index in [2.05, 4.69) is 243 Å². The van der Waals surface area contributed by atoms with Gasteiger partial charge in [0.1, 0.15) is 22.3 Å². The van der Waals surface area contributed by atoms with E-state index in [4.69, 9.17) is 18.1 Å². The van der Waals surface area contributed by atoms with Crippen molar-refractivity contribution >= 4 is 89.5 Å². The van der Waals surface area contributed by atoms with Gasteiger partial charge in [-0.1, -0.05) is 164 Å². The number of aromatic nitrogens is 1. The van der Waals surface area contributed by atoms with Crippen LogP contribution in [0.3, 0.4) is 0 Å². The second-order valence-electron chi connectivity index (χ2n) is 22.8. The van der Waals surface area contributed by atoms with Gasteiger partial charge in [0.05, 0.1) is 28.3 Å². The van der Waals surface area contributed by atoms with Gasteiger partial charge in [0.25, 0.3) is 0 Å². The van der Waals surface area contributed by atoms with Gasteiger partial charge in [0, 0.05) is 49.6 Å². The number of allylic oxidation sites excluding steroid dienone is 2. The highest BCUT2D eigenvalue weighted by atomic mass is 16.7. The number of fused-ring (bicyclic) bond motifs is 12. The zero-order valence-corrected chi connectivity index (χ0v) is 44.7. The van der Waals surface area contributed by atoms with Gasteiger partial charge in [-0.15, -0.1) is 0 Å². The zero-order valence-electron chi connectivity index (χ0n) is 44.7. The number of anilines is 1. The summed E-state index contributed by atoms with van der Waals surface area (Å²) in [5.41, 5.74) is 20.0. The lowest BCUT2D eigenvalue weighted by Gasteiger charge is -2.36. The van der Waals surface area contributed by atoms with Crippen molar-refractivity contribution in [1.29, 1.82) is 0 Å². The van der Waals surface area contributed by atoms with Crippen molar-refractivity contribution in [3.8, 4) is 39.1 Å². The fraction of sp³-hybridized carbons (Fsp3) is 0.123. The molecule has 384 valence electrons. The number of furan rings is 2. The van der Waals surface area contributed by atoms with Gasteiger partial charge in [-0.25, -0.2) is 0 Å².